The zero-order valence-corrected chi connectivity index (χ0v) is 8.51. The molecule has 1 saturated heterocycles. The number of hydrogen-bond acceptors (Lipinski definition) is 5. The number of rotatable bonds is 2. The lowest BCUT2D eigenvalue weighted by Gasteiger charge is -2.12. The number of amides is 2. The van der Waals surface area contributed by atoms with Crippen LogP contribution in [0, 0.1) is 0 Å². The third kappa shape index (κ3) is 2.41. The number of imide groups is 1. The van der Waals surface area contributed by atoms with Crippen molar-refractivity contribution in [2.24, 2.45) is 0 Å². The Morgan fingerprint density at radius 3 is 2.40 bits per heavy atom. The molecule has 0 aromatic rings. The summed E-state index contributed by atoms with van der Waals surface area (Å²) in [7, 11) is -4.69. The second-order valence-corrected chi connectivity index (χ2v) is 4.72. The summed E-state index contributed by atoms with van der Waals surface area (Å²) in [5, 5.41) is 0.0894. The molecule has 1 unspecified atom stereocenters. The Bertz CT molecular complexity index is 372. The van der Waals surface area contributed by atoms with E-state index in [1.54, 1.807) is 0 Å². The maximum Gasteiger partial charge on any atom is 0.338 e. The quantitative estimate of drug-likeness (QED) is 0.455. The monoisotopic (exact) mass is 237 g/mol. The Labute approximate surface area is 83.9 Å². The van der Waals surface area contributed by atoms with Gasteiger partial charge in [0.05, 0.1) is 6.42 Å². The van der Waals surface area contributed by atoms with E-state index >= 15 is 0 Å². The molecule has 1 rings (SSSR count). The van der Waals surface area contributed by atoms with Crippen LogP contribution in [0.15, 0.2) is 0 Å². The third-order valence-electron chi connectivity index (χ3n) is 1.71. The molecule has 0 saturated carbocycles. The lowest BCUT2D eigenvalue weighted by molar-refractivity contribution is -0.195. The van der Waals surface area contributed by atoms with Crippen LogP contribution >= 0.6 is 7.60 Å². The van der Waals surface area contributed by atoms with Crippen molar-refractivity contribution in [2.45, 2.75) is 19.0 Å². The minimum Gasteiger partial charge on any atom is -0.331 e. The van der Waals surface area contributed by atoms with Gasteiger partial charge in [-0.25, -0.2) is 4.79 Å². The van der Waals surface area contributed by atoms with Crippen molar-refractivity contribution < 1.29 is 33.6 Å². The summed E-state index contributed by atoms with van der Waals surface area (Å²) >= 11 is 0. The molecule has 0 radical (unpaired) electrons. The van der Waals surface area contributed by atoms with Crippen molar-refractivity contribution in [1.82, 2.24) is 5.06 Å². The number of nitrogens with zero attached hydrogens (tertiary/aromatic N) is 1. The molecular formula is C6H8NO7P. The van der Waals surface area contributed by atoms with E-state index in [2.05, 4.69) is 4.84 Å². The van der Waals surface area contributed by atoms with Gasteiger partial charge in [0.1, 0.15) is 0 Å². The first-order valence-electron chi connectivity index (χ1n) is 3.84. The van der Waals surface area contributed by atoms with E-state index in [1.807, 2.05) is 0 Å². The third-order valence-corrected chi connectivity index (χ3v) is 2.92. The first-order valence-corrected chi connectivity index (χ1v) is 5.52. The van der Waals surface area contributed by atoms with Gasteiger partial charge in [0.15, 0.2) is 5.66 Å². The highest BCUT2D eigenvalue weighted by Crippen LogP contribution is 2.46. The largest absolute Gasteiger partial charge is 0.338 e. The van der Waals surface area contributed by atoms with E-state index in [4.69, 9.17) is 9.79 Å². The molecule has 1 aliphatic heterocycles. The van der Waals surface area contributed by atoms with E-state index in [0.717, 1.165) is 6.92 Å². The number of hydrogen-bond donors (Lipinski definition) is 2. The van der Waals surface area contributed by atoms with E-state index < -0.39 is 37.5 Å². The maximum atomic E-state index is 11.2. The normalized spacial score (nSPS) is 22.1. The molecule has 0 aliphatic carbocycles. The first-order chi connectivity index (χ1) is 6.73. The summed E-state index contributed by atoms with van der Waals surface area (Å²) in [6, 6.07) is 0. The van der Waals surface area contributed by atoms with E-state index in [-0.39, 0.29) is 5.06 Å². The Balaban J connectivity index is 2.89. The standard InChI is InChI=1S/C6H8NO7P/c1-3(8)14-7-5(9)2-4(6(7)10)15(11,12)13/h4H,2H2,1H3,(H2,11,12,13). The van der Waals surface area contributed by atoms with Crippen molar-refractivity contribution in [2.75, 3.05) is 0 Å². The van der Waals surface area contributed by atoms with Gasteiger partial charge in [-0.15, -0.1) is 5.06 Å². The molecule has 1 aliphatic rings. The van der Waals surface area contributed by atoms with Crippen LogP contribution in [0.25, 0.3) is 0 Å². The van der Waals surface area contributed by atoms with Crippen LogP contribution in [0.3, 0.4) is 0 Å². The summed E-state index contributed by atoms with van der Waals surface area (Å²) in [6.45, 7) is 0.964. The van der Waals surface area contributed by atoms with Gasteiger partial charge in [-0.2, -0.15) is 0 Å². The summed E-state index contributed by atoms with van der Waals surface area (Å²) in [5.74, 6) is -3.05. The Morgan fingerprint density at radius 1 is 1.53 bits per heavy atom. The zero-order valence-electron chi connectivity index (χ0n) is 7.61. The highest BCUT2D eigenvalue weighted by atomic mass is 31.2. The van der Waals surface area contributed by atoms with Gasteiger partial charge < -0.3 is 14.6 Å². The predicted molar refractivity (Wildman–Crippen MR) is 44.1 cm³/mol. The number of carbonyl (C=O) groups is 3. The molecule has 0 spiro atoms. The zero-order chi connectivity index (χ0) is 11.8. The van der Waals surface area contributed by atoms with Gasteiger partial charge in [0.2, 0.25) is 0 Å². The molecule has 1 heterocycles. The summed E-state index contributed by atoms with van der Waals surface area (Å²) in [5.41, 5.74) is -1.75. The highest BCUT2D eigenvalue weighted by molar-refractivity contribution is 7.53. The Kier molecular flexibility index (Phi) is 2.94. The summed E-state index contributed by atoms with van der Waals surface area (Å²) in [6.07, 6.45) is -0.656. The van der Waals surface area contributed by atoms with Crippen molar-refractivity contribution in [1.29, 1.82) is 0 Å². The number of hydroxylamine groups is 2. The molecular weight excluding hydrogens is 229 g/mol. The highest BCUT2D eigenvalue weighted by Gasteiger charge is 2.50. The molecule has 0 aromatic carbocycles. The van der Waals surface area contributed by atoms with Crippen LogP contribution in [0.1, 0.15) is 13.3 Å². The SMILES string of the molecule is CC(=O)ON1C(=O)CC(P(=O)(O)O)C1=O. The van der Waals surface area contributed by atoms with Crippen LogP contribution in [0.4, 0.5) is 0 Å². The molecule has 8 nitrogen and oxygen atoms in total. The van der Waals surface area contributed by atoms with Crippen molar-refractivity contribution in [3.05, 3.63) is 0 Å². The minimum absolute atomic E-state index is 0.0894. The molecule has 0 aromatic heterocycles. The van der Waals surface area contributed by atoms with Crippen molar-refractivity contribution >= 4 is 25.4 Å². The fourth-order valence-electron chi connectivity index (χ4n) is 1.08. The first kappa shape index (κ1) is 11.8. The van der Waals surface area contributed by atoms with Crippen LogP contribution in [-0.4, -0.2) is 38.3 Å². The second kappa shape index (κ2) is 3.73. The fraction of sp³-hybridized carbons (Fsp3) is 0.500. The lowest BCUT2D eigenvalue weighted by Crippen LogP contribution is -2.33. The topological polar surface area (TPSA) is 121 Å². The second-order valence-electron chi connectivity index (χ2n) is 2.92. The molecule has 2 amide bonds. The van der Waals surface area contributed by atoms with Gasteiger partial charge >= 0.3 is 13.6 Å². The summed E-state index contributed by atoms with van der Waals surface area (Å²) < 4.78 is 10.8. The molecule has 84 valence electrons. The Hall–Kier alpha value is -1.24. The van der Waals surface area contributed by atoms with Crippen LogP contribution < -0.4 is 0 Å². The number of carbonyl (C=O) groups excluding carboxylic acids is 3. The van der Waals surface area contributed by atoms with Gasteiger partial charge in [-0.05, 0) is 0 Å². The lowest BCUT2D eigenvalue weighted by atomic mass is 10.4. The summed E-state index contributed by atoms with van der Waals surface area (Å²) in [4.78, 5) is 54.5. The average Bonchev–Trinajstić information content (AvgIpc) is 2.30. The maximum absolute atomic E-state index is 11.2. The molecule has 1 fully saturated rings. The van der Waals surface area contributed by atoms with Crippen LogP contribution in [-0.2, 0) is 23.8 Å². The molecule has 9 heteroatoms. The Morgan fingerprint density at radius 2 is 2.07 bits per heavy atom. The smallest absolute Gasteiger partial charge is 0.331 e. The van der Waals surface area contributed by atoms with Gasteiger partial charge in [0, 0.05) is 6.92 Å². The molecule has 15 heavy (non-hydrogen) atoms. The average molecular weight is 237 g/mol. The van der Waals surface area contributed by atoms with Crippen molar-refractivity contribution in [3.8, 4) is 0 Å². The van der Waals surface area contributed by atoms with Crippen LogP contribution in [0.2, 0.25) is 0 Å². The fourth-order valence-corrected chi connectivity index (χ4v) is 1.87. The van der Waals surface area contributed by atoms with Gasteiger partial charge in [-0.1, -0.05) is 0 Å². The molecule has 2 N–H and O–H groups in total. The molecule has 0 bridgehead atoms. The van der Waals surface area contributed by atoms with Gasteiger partial charge in [0.25, 0.3) is 11.8 Å². The van der Waals surface area contributed by atoms with E-state index in [0.29, 0.717) is 0 Å². The van der Waals surface area contributed by atoms with E-state index in [1.165, 1.54) is 0 Å². The predicted octanol–water partition coefficient (Wildman–Crippen LogP) is -1.23. The van der Waals surface area contributed by atoms with Gasteiger partial charge in [-0.3, -0.25) is 14.2 Å². The van der Waals surface area contributed by atoms with Crippen LogP contribution in [0.5, 0.6) is 0 Å². The minimum atomic E-state index is -4.69. The van der Waals surface area contributed by atoms with Crippen molar-refractivity contribution in [3.63, 3.8) is 0 Å². The van der Waals surface area contributed by atoms with E-state index in [9.17, 15) is 18.9 Å². The molecule has 1 atom stereocenters.